The van der Waals surface area contributed by atoms with Crippen LogP contribution in [0.15, 0.2) is 18.2 Å². The molecule has 1 rings (SSSR count). The molecule has 6 nitrogen and oxygen atoms in total. The van der Waals surface area contributed by atoms with Gasteiger partial charge in [-0.15, -0.1) is 0 Å². The van der Waals surface area contributed by atoms with Gasteiger partial charge in [-0.2, -0.15) is 0 Å². The van der Waals surface area contributed by atoms with Crippen LogP contribution >= 0.6 is 0 Å². The minimum absolute atomic E-state index is 0.121. The SMILES string of the molecule is COCCC(C)(O)CNC(=O)c1cc(OC)ccc1OC. The van der Waals surface area contributed by atoms with Gasteiger partial charge in [-0.3, -0.25) is 4.79 Å². The molecule has 2 N–H and O–H groups in total. The predicted molar refractivity (Wildman–Crippen MR) is 79.0 cm³/mol. The molecule has 1 amide bonds. The summed E-state index contributed by atoms with van der Waals surface area (Å²) in [5.74, 6) is 0.681. The molecular formula is C15H23NO5. The van der Waals surface area contributed by atoms with Crippen LogP contribution in [0.2, 0.25) is 0 Å². The highest BCUT2D eigenvalue weighted by Gasteiger charge is 2.22. The molecule has 1 aromatic rings. The van der Waals surface area contributed by atoms with Crippen LogP contribution in [0.5, 0.6) is 11.5 Å². The largest absolute Gasteiger partial charge is 0.497 e. The van der Waals surface area contributed by atoms with Gasteiger partial charge in [-0.05, 0) is 25.1 Å². The number of benzene rings is 1. The Kier molecular flexibility index (Phi) is 6.45. The Hall–Kier alpha value is -1.79. The van der Waals surface area contributed by atoms with Gasteiger partial charge in [0.05, 0.1) is 25.4 Å². The minimum Gasteiger partial charge on any atom is -0.497 e. The lowest BCUT2D eigenvalue weighted by atomic mass is 10.0. The van der Waals surface area contributed by atoms with E-state index in [9.17, 15) is 9.90 Å². The summed E-state index contributed by atoms with van der Waals surface area (Å²) in [5.41, 5.74) is -0.669. The average molecular weight is 297 g/mol. The molecule has 0 heterocycles. The quantitative estimate of drug-likeness (QED) is 0.754. The van der Waals surface area contributed by atoms with E-state index in [4.69, 9.17) is 14.2 Å². The fourth-order valence-electron chi connectivity index (χ4n) is 1.77. The van der Waals surface area contributed by atoms with E-state index in [1.807, 2.05) is 0 Å². The molecule has 0 saturated heterocycles. The number of rotatable bonds is 8. The zero-order valence-corrected chi connectivity index (χ0v) is 12.9. The van der Waals surface area contributed by atoms with E-state index in [1.54, 1.807) is 32.2 Å². The first-order valence-corrected chi connectivity index (χ1v) is 6.65. The molecular weight excluding hydrogens is 274 g/mol. The lowest BCUT2D eigenvalue weighted by molar-refractivity contribution is 0.0243. The van der Waals surface area contributed by atoms with E-state index in [2.05, 4.69) is 5.32 Å². The average Bonchev–Trinajstić information content (AvgIpc) is 2.50. The van der Waals surface area contributed by atoms with E-state index >= 15 is 0 Å². The van der Waals surface area contributed by atoms with Gasteiger partial charge in [0.25, 0.3) is 5.91 Å². The lowest BCUT2D eigenvalue weighted by Crippen LogP contribution is -2.41. The first kappa shape index (κ1) is 17.3. The van der Waals surface area contributed by atoms with Gasteiger partial charge in [0.2, 0.25) is 0 Å². The molecule has 0 aliphatic heterocycles. The predicted octanol–water partition coefficient (Wildman–Crippen LogP) is 1.22. The third kappa shape index (κ3) is 5.24. The Balaban J connectivity index is 2.75. The molecule has 21 heavy (non-hydrogen) atoms. The van der Waals surface area contributed by atoms with Crippen molar-refractivity contribution in [2.75, 3.05) is 34.5 Å². The van der Waals surface area contributed by atoms with E-state index in [1.165, 1.54) is 14.2 Å². The van der Waals surface area contributed by atoms with Gasteiger partial charge in [-0.1, -0.05) is 0 Å². The maximum Gasteiger partial charge on any atom is 0.255 e. The van der Waals surface area contributed by atoms with Crippen molar-refractivity contribution in [1.82, 2.24) is 5.32 Å². The van der Waals surface area contributed by atoms with E-state index in [0.717, 1.165) is 0 Å². The Morgan fingerprint density at radius 3 is 2.57 bits per heavy atom. The number of ether oxygens (including phenoxy) is 3. The minimum atomic E-state index is -1.03. The topological polar surface area (TPSA) is 77.0 Å². The molecule has 0 bridgehead atoms. The van der Waals surface area contributed by atoms with Crippen LogP contribution in [-0.4, -0.2) is 51.1 Å². The molecule has 118 valence electrons. The third-order valence-electron chi connectivity index (χ3n) is 3.13. The lowest BCUT2D eigenvalue weighted by Gasteiger charge is -2.23. The van der Waals surface area contributed by atoms with Crippen LogP contribution in [0.1, 0.15) is 23.7 Å². The molecule has 1 atom stereocenters. The summed E-state index contributed by atoms with van der Waals surface area (Å²) in [7, 11) is 4.59. The molecule has 0 fully saturated rings. The Morgan fingerprint density at radius 2 is 2.00 bits per heavy atom. The molecule has 1 unspecified atom stereocenters. The van der Waals surface area contributed by atoms with Crippen molar-refractivity contribution >= 4 is 5.91 Å². The highest BCUT2D eigenvalue weighted by atomic mass is 16.5. The number of carbonyl (C=O) groups excluding carboxylic acids is 1. The van der Waals surface area contributed by atoms with E-state index in [-0.39, 0.29) is 12.5 Å². The first-order valence-electron chi connectivity index (χ1n) is 6.65. The van der Waals surface area contributed by atoms with Gasteiger partial charge in [-0.25, -0.2) is 0 Å². The van der Waals surface area contributed by atoms with E-state index in [0.29, 0.717) is 30.1 Å². The summed E-state index contributed by atoms with van der Waals surface area (Å²) < 4.78 is 15.2. The number of hydrogen-bond donors (Lipinski definition) is 2. The van der Waals surface area contributed by atoms with Crippen molar-refractivity contribution in [3.8, 4) is 11.5 Å². The van der Waals surface area contributed by atoms with Crippen molar-refractivity contribution in [2.45, 2.75) is 18.9 Å². The second-order valence-electron chi connectivity index (χ2n) is 4.99. The highest BCUT2D eigenvalue weighted by Crippen LogP contribution is 2.24. The van der Waals surface area contributed by atoms with Crippen molar-refractivity contribution in [1.29, 1.82) is 0 Å². The van der Waals surface area contributed by atoms with Crippen molar-refractivity contribution in [3.05, 3.63) is 23.8 Å². The Bertz CT molecular complexity index is 473. The van der Waals surface area contributed by atoms with Gasteiger partial charge < -0.3 is 24.6 Å². The summed E-state index contributed by atoms with van der Waals surface area (Å²) >= 11 is 0. The van der Waals surface area contributed by atoms with Gasteiger partial charge in [0.15, 0.2) is 0 Å². The van der Waals surface area contributed by atoms with Crippen LogP contribution in [-0.2, 0) is 4.74 Å². The van der Waals surface area contributed by atoms with Crippen molar-refractivity contribution in [2.24, 2.45) is 0 Å². The first-order chi connectivity index (χ1) is 9.93. The second kappa shape index (κ2) is 7.85. The maximum atomic E-state index is 12.2. The normalized spacial score (nSPS) is 13.4. The summed E-state index contributed by atoms with van der Waals surface area (Å²) in [6.07, 6.45) is 0.430. The van der Waals surface area contributed by atoms with Crippen LogP contribution in [0.3, 0.4) is 0 Å². The van der Waals surface area contributed by atoms with Crippen molar-refractivity contribution in [3.63, 3.8) is 0 Å². The van der Waals surface area contributed by atoms with Gasteiger partial charge in [0.1, 0.15) is 11.5 Å². The Morgan fingerprint density at radius 1 is 1.29 bits per heavy atom. The maximum absolute atomic E-state index is 12.2. The highest BCUT2D eigenvalue weighted by molar-refractivity contribution is 5.97. The summed E-state index contributed by atoms with van der Waals surface area (Å²) in [5, 5.41) is 12.8. The van der Waals surface area contributed by atoms with Crippen LogP contribution in [0.25, 0.3) is 0 Å². The number of nitrogens with one attached hydrogen (secondary N) is 1. The molecule has 6 heteroatoms. The fourth-order valence-corrected chi connectivity index (χ4v) is 1.77. The van der Waals surface area contributed by atoms with Gasteiger partial charge >= 0.3 is 0 Å². The molecule has 0 radical (unpaired) electrons. The molecule has 0 aromatic heterocycles. The molecule has 0 saturated carbocycles. The zero-order valence-electron chi connectivity index (χ0n) is 12.9. The zero-order chi connectivity index (χ0) is 15.9. The van der Waals surface area contributed by atoms with Gasteiger partial charge in [0, 0.05) is 26.7 Å². The van der Waals surface area contributed by atoms with Crippen LogP contribution in [0.4, 0.5) is 0 Å². The Labute approximate surface area is 125 Å². The van der Waals surface area contributed by atoms with Crippen LogP contribution in [0, 0.1) is 0 Å². The fraction of sp³-hybridized carbons (Fsp3) is 0.533. The summed E-state index contributed by atoms with van der Waals surface area (Å²) in [6, 6.07) is 4.97. The van der Waals surface area contributed by atoms with Crippen molar-refractivity contribution < 1.29 is 24.1 Å². The number of carbonyl (C=O) groups is 1. The molecule has 0 aliphatic rings. The third-order valence-corrected chi connectivity index (χ3v) is 3.13. The number of hydrogen-bond acceptors (Lipinski definition) is 5. The summed E-state index contributed by atoms with van der Waals surface area (Å²) in [6.45, 7) is 2.19. The smallest absolute Gasteiger partial charge is 0.255 e. The summed E-state index contributed by atoms with van der Waals surface area (Å²) in [4.78, 5) is 12.2. The molecule has 0 spiro atoms. The number of aliphatic hydroxyl groups is 1. The molecule has 0 aliphatic carbocycles. The monoisotopic (exact) mass is 297 g/mol. The standard InChI is InChI=1S/C15H23NO5/c1-15(18,7-8-19-2)10-16-14(17)12-9-11(20-3)5-6-13(12)21-4/h5-6,9,18H,7-8,10H2,1-4H3,(H,16,17). The van der Waals surface area contributed by atoms with E-state index < -0.39 is 5.60 Å². The number of methoxy groups -OCH3 is 3. The van der Waals surface area contributed by atoms with Crippen LogP contribution < -0.4 is 14.8 Å². The second-order valence-corrected chi connectivity index (χ2v) is 4.99. The molecule has 1 aromatic carbocycles. The number of amides is 1.